The van der Waals surface area contributed by atoms with Crippen LogP contribution in [0.3, 0.4) is 0 Å². The second-order valence-electron chi connectivity index (χ2n) is 4.45. The molecular weight excluding hydrogens is 232 g/mol. The van der Waals surface area contributed by atoms with E-state index in [1.165, 1.54) is 0 Å². The van der Waals surface area contributed by atoms with Crippen molar-refractivity contribution in [3.63, 3.8) is 0 Å². The fraction of sp³-hybridized carbons (Fsp3) is 0.462. The third-order valence-corrected chi connectivity index (χ3v) is 2.81. The highest BCUT2D eigenvalue weighted by molar-refractivity contribution is 5.81. The van der Waals surface area contributed by atoms with Gasteiger partial charge in [-0.3, -0.25) is 4.79 Å². The number of nitrogen functional groups attached to an aromatic ring is 1. The number of carbonyl (C=O) groups is 1. The third-order valence-electron chi connectivity index (χ3n) is 2.81. The highest BCUT2D eigenvalue weighted by atomic mass is 16.5. The largest absolute Gasteiger partial charge is 0.497 e. The van der Waals surface area contributed by atoms with Crippen molar-refractivity contribution >= 4 is 11.6 Å². The Labute approximate surface area is 106 Å². The summed E-state index contributed by atoms with van der Waals surface area (Å²) in [6, 6.07) is 5.45. The van der Waals surface area contributed by atoms with Crippen LogP contribution in [-0.2, 0) is 4.79 Å². The summed E-state index contributed by atoms with van der Waals surface area (Å²) in [6.45, 7) is 1.71. The van der Waals surface area contributed by atoms with Crippen molar-refractivity contribution in [2.45, 2.75) is 31.9 Å². The molecule has 1 atom stereocenters. The first-order valence-electron chi connectivity index (χ1n) is 6.00. The van der Waals surface area contributed by atoms with E-state index in [2.05, 4.69) is 5.32 Å². The molecule has 0 heterocycles. The standard InChI is InChI=1S/C13H18N2O3/c1-8(13(16)15-9-3-4-9)18-12-6-5-10(17-2)7-11(12)14/h5-9H,3-4,14H2,1-2H3,(H,15,16). The molecule has 0 aliphatic heterocycles. The van der Waals surface area contributed by atoms with E-state index < -0.39 is 6.10 Å². The molecule has 2 rings (SSSR count). The first-order valence-corrected chi connectivity index (χ1v) is 6.00. The molecule has 98 valence electrons. The number of nitrogens with two attached hydrogens (primary N) is 1. The summed E-state index contributed by atoms with van der Waals surface area (Å²) in [5.74, 6) is 1.05. The van der Waals surface area contributed by atoms with E-state index in [4.69, 9.17) is 15.2 Å². The Bertz CT molecular complexity index is 444. The van der Waals surface area contributed by atoms with Crippen molar-refractivity contribution in [1.29, 1.82) is 0 Å². The lowest BCUT2D eigenvalue weighted by atomic mass is 10.2. The summed E-state index contributed by atoms with van der Waals surface area (Å²) in [4.78, 5) is 11.7. The number of hydrogen-bond donors (Lipinski definition) is 2. The highest BCUT2D eigenvalue weighted by Crippen LogP contribution is 2.27. The van der Waals surface area contributed by atoms with Crippen LogP contribution in [0.4, 0.5) is 5.69 Å². The van der Waals surface area contributed by atoms with E-state index in [1.807, 2.05) is 0 Å². The lowest BCUT2D eigenvalue weighted by molar-refractivity contribution is -0.127. The van der Waals surface area contributed by atoms with Gasteiger partial charge in [-0.05, 0) is 31.9 Å². The van der Waals surface area contributed by atoms with Crippen LogP contribution in [0.2, 0.25) is 0 Å². The van der Waals surface area contributed by atoms with Gasteiger partial charge in [0.2, 0.25) is 0 Å². The molecule has 1 aromatic rings. The lowest BCUT2D eigenvalue weighted by Crippen LogP contribution is -2.37. The van der Waals surface area contributed by atoms with E-state index in [0.717, 1.165) is 12.8 Å². The molecule has 0 radical (unpaired) electrons. The van der Waals surface area contributed by atoms with E-state index in [9.17, 15) is 4.79 Å². The molecule has 1 aromatic carbocycles. The summed E-state index contributed by atoms with van der Waals surface area (Å²) in [7, 11) is 1.57. The first kappa shape index (κ1) is 12.5. The second kappa shape index (κ2) is 5.16. The van der Waals surface area contributed by atoms with Crippen molar-refractivity contribution in [3.8, 4) is 11.5 Å². The molecule has 5 heteroatoms. The van der Waals surface area contributed by atoms with E-state index in [1.54, 1.807) is 32.2 Å². The average molecular weight is 250 g/mol. The molecule has 0 aromatic heterocycles. The molecule has 0 bridgehead atoms. The zero-order chi connectivity index (χ0) is 13.1. The van der Waals surface area contributed by atoms with Crippen LogP contribution in [0.1, 0.15) is 19.8 Å². The fourth-order valence-electron chi connectivity index (χ4n) is 1.55. The number of anilines is 1. The van der Waals surface area contributed by atoms with Gasteiger partial charge in [-0.2, -0.15) is 0 Å². The van der Waals surface area contributed by atoms with Gasteiger partial charge >= 0.3 is 0 Å². The Balaban J connectivity index is 1.96. The molecule has 1 saturated carbocycles. The highest BCUT2D eigenvalue weighted by Gasteiger charge is 2.26. The zero-order valence-corrected chi connectivity index (χ0v) is 10.6. The Morgan fingerprint density at radius 2 is 2.22 bits per heavy atom. The van der Waals surface area contributed by atoms with Crippen LogP contribution < -0.4 is 20.5 Å². The van der Waals surface area contributed by atoms with Gasteiger partial charge in [-0.25, -0.2) is 0 Å². The van der Waals surface area contributed by atoms with E-state index in [-0.39, 0.29) is 5.91 Å². The molecule has 1 aliphatic rings. The molecule has 18 heavy (non-hydrogen) atoms. The van der Waals surface area contributed by atoms with Gasteiger partial charge < -0.3 is 20.5 Å². The van der Waals surface area contributed by atoms with Crippen LogP contribution >= 0.6 is 0 Å². The predicted octanol–water partition coefficient (Wildman–Crippen LogP) is 1.32. The Morgan fingerprint density at radius 1 is 1.50 bits per heavy atom. The summed E-state index contributed by atoms with van der Waals surface area (Å²) in [5.41, 5.74) is 6.28. The minimum absolute atomic E-state index is 0.104. The molecular formula is C13H18N2O3. The number of hydrogen-bond acceptors (Lipinski definition) is 4. The number of carbonyl (C=O) groups excluding carboxylic acids is 1. The van der Waals surface area contributed by atoms with Crippen LogP contribution in [-0.4, -0.2) is 25.2 Å². The van der Waals surface area contributed by atoms with Crippen LogP contribution in [0.15, 0.2) is 18.2 Å². The van der Waals surface area contributed by atoms with E-state index >= 15 is 0 Å². The molecule has 5 nitrogen and oxygen atoms in total. The Kier molecular flexibility index (Phi) is 3.60. The SMILES string of the molecule is COc1ccc(OC(C)C(=O)NC2CC2)c(N)c1. The number of amides is 1. The van der Waals surface area contributed by atoms with E-state index in [0.29, 0.717) is 23.2 Å². The summed E-state index contributed by atoms with van der Waals surface area (Å²) >= 11 is 0. The number of rotatable bonds is 5. The Hall–Kier alpha value is -1.91. The zero-order valence-electron chi connectivity index (χ0n) is 10.6. The molecule has 1 unspecified atom stereocenters. The van der Waals surface area contributed by atoms with Crippen molar-refractivity contribution in [2.24, 2.45) is 0 Å². The summed E-state index contributed by atoms with van der Waals surface area (Å²) in [5, 5.41) is 2.89. The van der Waals surface area contributed by atoms with Gasteiger partial charge in [0.1, 0.15) is 11.5 Å². The van der Waals surface area contributed by atoms with Gasteiger partial charge in [0.25, 0.3) is 5.91 Å². The van der Waals surface area contributed by atoms with Crippen molar-refractivity contribution in [2.75, 3.05) is 12.8 Å². The van der Waals surface area contributed by atoms with Gasteiger partial charge in [0.05, 0.1) is 12.8 Å². The van der Waals surface area contributed by atoms with Crippen LogP contribution in [0, 0.1) is 0 Å². The molecule has 0 saturated heterocycles. The van der Waals surface area contributed by atoms with Gasteiger partial charge in [0, 0.05) is 12.1 Å². The number of nitrogens with one attached hydrogen (secondary N) is 1. The van der Waals surface area contributed by atoms with Crippen molar-refractivity contribution < 1.29 is 14.3 Å². The molecule has 0 spiro atoms. The van der Waals surface area contributed by atoms with Gasteiger partial charge in [-0.15, -0.1) is 0 Å². The van der Waals surface area contributed by atoms with Crippen molar-refractivity contribution in [1.82, 2.24) is 5.32 Å². The molecule has 1 aliphatic carbocycles. The minimum Gasteiger partial charge on any atom is -0.497 e. The third kappa shape index (κ3) is 3.06. The fourth-order valence-corrected chi connectivity index (χ4v) is 1.55. The Morgan fingerprint density at radius 3 is 2.78 bits per heavy atom. The maximum absolute atomic E-state index is 11.7. The maximum atomic E-state index is 11.7. The number of benzene rings is 1. The molecule has 3 N–H and O–H groups in total. The normalized spacial score (nSPS) is 15.9. The molecule has 1 amide bonds. The maximum Gasteiger partial charge on any atom is 0.260 e. The average Bonchev–Trinajstić information content (AvgIpc) is 3.15. The monoisotopic (exact) mass is 250 g/mol. The van der Waals surface area contributed by atoms with Crippen LogP contribution in [0.5, 0.6) is 11.5 Å². The minimum atomic E-state index is -0.554. The second-order valence-corrected chi connectivity index (χ2v) is 4.45. The van der Waals surface area contributed by atoms with Gasteiger partial charge in [0.15, 0.2) is 6.10 Å². The quantitative estimate of drug-likeness (QED) is 0.773. The van der Waals surface area contributed by atoms with Crippen molar-refractivity contribution in [3.05, 3.63) is 18.2 Å². The first-order chi connectivity index (χ1) is 8.60. The lowest BCUT2D eigenvalue weighted by Gasteiger charge is -2.16. The number of ether oxygens (including phenoxy) is 2. The molecule has 1 fully saturated rings. The summed E-state index contributed by atoms with van der Waals surface area (Å²) in [6.07, 6.45) is 1.56. The van der Waals surface area contributed by atoms with Crippen LogP contribution in [0.25, 0.3) is 0 Å². The van der Waals surface area contributed by atoms with Gasteiger partial charge in [-0.1, -0.05) is 0 Å². The topological polar surface area (TPSA) is 73.6 Å². The number of methoxy groups -OCH3 is 1. The smallest absolute Gasteiger partial charge is 0.260 e. The summed E-state index contributed by atoms with van der Waals surface area (Å²) < 4.78 is 10.6. The predicted molar refractivity (Wildman–Crippen MR) is 68.7 cm³/mol.